The van der Waals surface area contributed by atoms with E-state index in [1.54, 1.807) is 6.26 Å². The second-order valence-electron chi connectivity index (χ2n) is 4.85. The molecule has 0 saturated carbocycles. The zero-order valence-electron chi connectivity index (χ0n) is 11.8. The van der Waals surface area contributed by atoms with Crippen molar-refractivity contribution in [1.29, 1.82) is 0 Å². The number of nitrogens with zero attached hydrogens (tertiary/aromatic N) is 4. The molecule has 0 aliphatic heterocycles. The van der Waals surface area contributed by atoms with Gasteiger partial charge in [-0.3, -0.25) is 4.68 Å². The molecule has 5 nitrogen and oxygen atoms in total. The third kappa shape index (κ3) is 2.02. The van der Waals surface area contributed by atoms with E-state index in [0.717, 1.165) is 34.9 Å². The highest BCUT2D eigenvalue weighted by molar-refractivity contribution is 6.20. The number of furan rings is 1. The van der Waals surface area contributed by atoms with Crippen molar-refractivity contribution in [3.63, 3.8) is 0 Å². The minimum Gasteiger partial charge on any atom is -0.467 e. The molecule has 0 aromatic carbocycles. The molecule has 0 bridgehead atoms. The van der Waals surface area contributed by atoms with Crippen LogP contribution in [0.2, 0.25) is 0 Å². The van der Waals surface area contributed by atoms with E-state index in [2.05, 4.69) is 16.6 Å². The number of aromatic nitrogens is 4. The summed E-state index contributed by atoms with van der Waals surface area (Å²) in [6, 6.07) is 3.83. The number of alkyl halides is 1. The Hall–Kier alpha value is -1.75. The van der Waals surface area contributed by atoms with Gasteiger partial charge in [0.2, 0.25) is 0 Å². The van der Waals surface area contributed by atoms with Crippen LogP contribution in [0.25, 0.3) is 11.2 Å². The number of hydrogen-bond donors (Lipinski definition) is 0. The van der Waals surface area contributed by atoms with Gasteiger partial charge in [0.15, 0.2) is 5.65 Å². The Morgan fingerprint density at radius 2 is 2.25 bits per heavy atom. The molecule has 1 unspecified atom stereocenters. The molecule has 3 aromatic rings. The summed E-state index contributed by atoms with van der Waals surface area (Å²) in [5, 5.41) is 4.35. The maximum Gasteiger partial charge on any atom is 0.159 e. The molecular formula is C14H17ClN4O. The number of hydrogen-bond acceptors (Lipinski definition) is 3. The third-order valence-corrected chi connectivity index (χ3v) is 3.60. The average Bonchev–Trinajstić information content (AvgIpc) is 3.08. The number of rotatable bonds is 4. The molecule has 0 spiro atoms. The molecule has 6 heteroatoms. The number of fused-ring (bicyclic) bond motifs is 1. The van der Waals surface area contributed by atoms with Crippen molar-refractivity contribution in [3.8, 4) is 0 Å². The Bertz CT molecular complexity index is 724. The number of aryl methyl sites for hydroxylation is 2. The van der Waals surface area contributed by atoms with Crippen LogP contribution < -0.4 is 0 Å². The summed E-state index contributed by atoms with van der Waals surface area (Å²) in [5.74, 6) is 1.72. The topological polar surface area (TPSA) is 48.8 Å². The van der Waals surface area contributed by atoms with Gasteiger partial charge in [0, 0.05) is 7.05 Å². The molecule has 0 N–H and O–H groups in total. The average molecular weight is 293 g/mol. The maximum absolute atomic E-state index is 6.28. The van der Waals surface area contributed by atoms with Crippen LogP contribution in [0.15, 0.2) is 22.8 Å². The summed E-state index contributed by atoms with van der Waals surface area (Å²) < 4.78 is 9.39. The Labute approximate surface area is 122 Å². The fraction of sp³-hybridized carbons (Fsp3) is 0.429. The largest absolute Gasteiger partial charge is 0.467 e. The molecule has 3 aromatic heterocycles. The van der Waals surface area contributed by atoms with E-state index in [-0.39, 0.29) is 5.38 Å². The first-order chi connectivity index (χ1) is 9.61. The first kappa shape index (κ1) is 13.2. The van der Waals surface area contributed by atoms with E-state index in [1.165, 1.54) is 0 Å². The van der Waals surface area contributed by atoms with Crippen molar-refractivity contribution in [2.45, 2.75) is 32.2 Å². The molecule has 3 rings (SSSR count). The van der Waals surface area contributed by atoms with Crippen molar-refractivity contribution in [3.05, 3.63) is 35.7 Å². The Balaban J connectivity index is 2.20. The third-order valence-electron chi connectivity index (χ3n) is 3.41. The number of imidazole rings is 1. The molecule has 0 aliphatic carbocycles. The Morgan fingerprint density at radius 3 is 2.85 bits per heavy atom. The standard InChI is InChI=1S/C14H17ClN4O/c1-4-11-12-14(18(3)17-11)19(13(16-12)9(2)15)8-10-6-5-7-20-10/h5-7,9H,4,8H2,1-3H3. The van der Waals surface area contributed by atoms with Crippen molar-refractivity contribution in [2.24, 2.45) is 7.05 Å². The molecule has 20 heavy (non-hydrogen) atoms. The van der Waals surface area contributed by atoms with Crippen LogP contribution in [0.4, 0.5) is 0 Å². The van der Waals surface area contributed by atoms with Crippen molar-refractivity contribution < 1.29 is 4.42 Å². The van der Waals surface area contributed by atoms with Crippen LogP contribution in [0.5, 0.6) is 0 Å². The lowest BCUT2D eigenvalue weighted by Crippen LogP contribution is -2.08. The molecule has 106 valence electrons. The van der Waals surface area contributed by atoms with Crippen molar-refractivity contribution in [1.82, 2.24) is 19.3 Å². The maximum atomic E-state index is 6.28. The molecule has 0 saturated heterocycles. The smallest absolute Gasteiger partial charge is 0.159 e. The predicted octanol–water partition coefficient (Wildman–Crippen LogP) is 3.27. The summed E-state index contributed by atoms with van der Waals surface area (Å²) in [4.78, 5) is 4.69. The van der Waals surface area contributed by atoms with Crippen LogP contribution in [-0.4, -0.2) is 19.3 Å². The minimum atomic E-state index is -0.165. The van der Waals surface area contributed by atoms with Crippen LogP contribution in [0.1, 0.15) is 36.5 Å². The van der Waals surface area contributed by atoms with Gasteiger partial charge in [-0.2, -0.15) is 5.10 Å². The first-order valence-electron chi connectivity index (χ1n) is 6.70. The van der Waals surface area contributed by atoms with E-state index in [0.29, 0.717) is 6.54 Å². The summed E-state index contributed by atoms with van der Waals surface area (Å²) in [5.41, 5.74) is 2.92. The zero-order valence-corrected chi connectivity index (χ0v) is 12.6. The van der Waals surface area contributed by atoms with Gasteiger partial charge in [-0.1, -0.05) is 6.92 Å². The van der Waals surface area contributed by atoms with Gasteiger partial charge in [-0.25, -0.2) is 4.98 Å². The van der Waals surface area contributed by atoms with Gasteiger partial charge in [-0.15, -0.1) is 11.6 Å². The normalized spacial score (nSPS) is 13.2. The monoisotopic (exact) mass is 292 g/mol. The van der Waals surface area contributed by atoms with Crippen LogP contribution >= 0.6 is 11.6 Å². The molecule has 1 atom stereocenters. The lowest BCUT2D eigenvalue weighted by molar-refractivity contribution is 0.489. The second kappa shape index (κ2) is 4.98. The fourth-order valence-electron chi connectivity index (χ4n) is 2.51. The molecule has 0 fully saturated rings. The highest BCUT2D eigenvalue weighted by Gasteiger charge is 2.21. The van der Waals surface area contributed by atoms with E-state index in [9.17, 15) is 0 Å². The van der Waals surface area contributed by atoms with Crippen molar-refractivity contribution >= 4 is 22.8 Å². The summed E-state index contributed by atoms with van der Waals surface area (Å²) in [6.07, 6.45) is 2.53. The van der Waals surface area contributed by atoms with Gasteiger partial charge in [-0.05, 0) is 25.5 Å². The molecule has 3 heterocycles. The van der Waals surface area contributed by atoms with Gasteiger partial charge < -0.3 is 8.98 Å². The lowest BCUT2D eigenvalue weighted by atomic mass is 10.3. The number of halogens is 1. The van der Waals surface area contributed by atoms with Gasteiger partial charge in [0.1, 0.15) is 17.1 Å². The highest BCUT2D eigenvalue weighted by atomic mass is 35.5. The zero-order chi connectivity index (χ0) is 14.3. The van der Waals surface area contributed by atoms with E-state index < -0.39 is 0 Å². The van der Waals surface area contributed by atoms with Crippen LogP contribution in [0.3, 0.4) is 0 Å². The van der Waals surface area contributed by atoms with Crippen molar-refractivity contribution in [2.75, 3.05) is 0 Å². The molecule has 0 aliphatic rings. The predicted molar refractivity (Wildman–Crippen MR) is 78.0 cm³/mol. The summed E-state index contributed by atoms with van der Waals surface area (Å²) in [6.45, 7) is 4.62. The minimum absolute atomic E-state index is 0.165. The molecule has 0 radical (unpaired) electrons. The Kier molecular flexibility index (Phi) is 3.30. The van der Waals surface area contributed by atoms with Crippen LogP contribution in [-0.2, 0) is 20.0 Å². The Morgan fingerprint density at radius 1 is 1.45 bits per heavy atom. The summed E-state index contributed by atoms with van der Waals surface area (Å²) in [7, 11) is 1.94. The second-order valence-corrected chi connectivity index (χ2v) is 5.50. The van der Waals surface area contributed by atoms with E-state index in [1.807, 2.05) is 30.8 Å². The highest BCUT2D eigenvalue weighted by Crippen LogP contribution is 2.27. The fourth-order valence-corrected chi connectivity index (χ4v) is 2.68. The quantitative estimate of drug-likeness (QED) is 0.693. The SMILES string of the molecule is CCc1nn(C)c2c1nc(C(C)Cl)n2Cc1ccco1. The summed E-state index contributed by atoms with van der Waals surface area (Å²) >= 11 is 6.28. The van der Waals surface area contributed by atoms with E-state index >= 15 is 0 Å². The van der Waals surface area contributed by atoms with Gasteiger partial charge in [0.25, 0.3) is 0 Å². The molecule has 0 amide bonds. The van der Waals surface area contributed by atoms with Gasteiger partial charge >= 0.3 is 0 Å². The molecular weight excluding hydrogens is 276 g/mol. The lowest BCUT2D eigenvalue weighted by Gasteiger charge is -2.09. The van der Waals surface area contributed by atoms with Gasteiger partial charge in [0.05, 0.1) is 23.9 Å². The first-order valence-corrected chi connectivity index (χ1v) is 7.14. The van der Waals surface area contributed by atoms with E-state index in [4.69, 9.17) is 21.0 Å². The van der Waals surface area contributed by atoms with Crippen LogP contribution in [0, 0.1) is 0 Å².